The summed E-state index contributed by atoms with van der Waals surface area (Å²) in [5.41, 5.74) is 3.71. The van der Waals surface area contributed by atoms with Gasteiger partial charge < -0.3 is 9.88 Å². The quantitative estimate of drug-likeness (QED) is 0.423. The summed E-state index contributed by atoms with van der Waals surface area (Å²) < 4.78 is 0. The minimum Gasteiger partial charge on any atom is -0.349 e. The molecule has 0 bridgehead atoms. The molecule has 4 rings (SSSR count). The summed E-state index contributed by atoms with van der Waals surface area (Å²) in [6.45, 7) is 6.06. The molecule has 0 aliphatic heterocycles. The van der Waals surface area contributed by atoms with Crippen molar-refractivity contribution in [3.8, 4) is 11.3 Å². The number of benzene rings is 2. The molecule has 0 saturated carbocycles. The van der Waals surface area contributed by atoms with Gasteiger partial charge in [0.05, 0.1) is 11.0 Å². The van der Waals surface area contributed by atoms with Gasteiger partial charge in [-0.05, 0) is 26.0 Å². The number of thiazole rings is 1. The Morgan fingerprint density at radius 1 is 0.926 bits per heavy atom. The number of nitrogens with one attached hydrogen (secondary N) is 1. The van der Waals surface area contributed by atoms with Crippen molar-refractivity contribution in [2.75, 3.05) is 18.0 Å². The van der Waals surface area contributed by atoms with Crippen LogP contribution in [0.3, 0.4) is 0 Å². The highest BCUT2D eigenvalue weighted by molar-refractivity contribution is 7.19. The largest absolute Gasteiger partial charge is 0.349 e. The minimum absolute atomic E-state index is 0.494. The van der Waals surface area contributed by atoms with Crippen LogP contribution in [-0.2, 0) is 0 Å². The van der Waals surface area contributed by atoms with Crippen molar-refractivity contribution in [1.82, 2.24) is 15.0 Å². The number of hydrogen-bond acceptors (Lipinski definition) is 6. The molecule has 0 radical (unpaired) electrons. The van der Waals surface area contributed by atoms with E-state index in [1.807, 2.05) is 54.6 Å². The molecule has 0 fully saturated rings. The lowest BCUT2D eigenvalue weighted by molar-refractivity contribution is 0.860. The monoisotopic (exact) mass is 376 g/mol. The predicted molar refractivity (Wildman–Crippen MR) is 111 cm³/mol. The van der Waals surface area contributed by atoms with E-state index >= 15 is 0 Å². The van der Waals surface area contributed by atoms with Crippen LogP contribution in [0.25, 0.3) is 22.3 Å². The number of fused-ring (bicyclic) bond motifs is 1. The number of para-hydroxylation sites is 2. The van der Waals surface area contributed by atoms with E-state index < -0.39 is 0 Å². The average molecular weight is 376 g/mol. The highest BCUT2D eigenvalue weighted by atomic mass is 32.1. The first kappa shape index (κ1) is 17.4. The van der Waals surface area contributed by atoms with Crippen LogP contribution in [-0.4, -0.2) is 28.0 Å². The van der Waals surface area contributed by atoms with Crippen LogP contribution in [0.15, 0.2) is 64.8 Å². The van der Waals surface area contributed by atoms with Gasteiger partial charge >= 0.3 is 0 Å². The van der Waals surface area contributed by atoms with E-state index in [9.17, 15) is 0 Å². The highest BCUT2D eigenvalue weighted by Gasteiger charge is 2.16. The maximum atomic E-state index is 4.84. The number of anilines is 1. The molecule has 0 spiro atoms. The predicted octanol–water partition coefficient (Wildman–Crippen LogP) is 5.95. The number of imidazole rings is 1. The van der Waals surface area contributed by atoms with Gasteiger partial charge in [-0.25, -0.2) is 9.97 Å². The fourth-order valence-electron chi connectivity index (χ4n) is 2.86. The maximum absolute atomic E-state index is 4.84. The zero-order valence-corrected chi connectivity index (χ0v) is 16.1. The molecule has 0 saturated heterocycles. The van der Waals surface area contributed by atoms with Gasteiger partial charge in [-0.1, -0.05) is 53.8 Å². The van der Waals surface area contributed by atoms with Crippen molar-refractivity contribution < 1.29 is 0 Å². The lowest BCUT2D eigenvalue weighted by atomic mass is 10.2. The van der Waals surface area contributed by atoms with Crippen LogP contribution in [0.1, 0.15) is 13.8 Å². The number of nitrogens with zero attached hydrogens (tertiary/aromatic N) is 5. The van der Waals surface area contributed by atoms with Crippen LogP contribution in [0.2, 0.25) is 0 Å². The maximum Gasteiger partial charge on any atom is 0.247 e. The Kier molecular flexibility index (Phi) is 4.93. The summed E-state index contributed by atoms with van der Waals surface area (Å²) in [6.07, 6.45) is 0. The third kappa shape index (κ3) is 3.59. The van der Waals surface area contributed by atoms with Crippen LogP contribution >= 0.6 is 11.3 Å². The number of aromatic nitrogens is 3. The summed E-state index contributed by atoms with van der Waals surface area (Å²) in [7, 11) is 0. The van der Waals surface area contributed by atoms with Gasteiger partial charge in [0.1, 0.15) is 5.69 Å². The van der Waals surface area contributed by atoms with Gasteiger partial charge in [-0.2, -0.15) is 0 Å². The molecule has 2 aromatic heterocycles. The molecule has 0 atom stereocenters. The van der Waals surface area contributed by atoms with Crippen molar-refractivity contribution in [1.29, 1.82) is 0 Å². The second-order valence-electron chi connectivity index (χ2n) is 5.97. The normalized spacial score (nSPS) is 11.5. The Hall–Kier alpha value is -3.06. The smallest absolute Gasteiger partial charge is 0.247 e. The Morgan fingerprint density at radius 3 is 2.41 bits per heavy atom. The Morgan fingerprint density at radius 2 is 1.67 bits per heavy atom. The van der Waals surface area contributed by atoms with Gasteiger partial charge in [0.15, 0.2) is 10.1 Å². The Bertz CT molecular complexity index is 1030. The third-order valence-corrected chi connectivity index (χ3v) is 5.29. The van der Waals surface area contributed by atoms with E-state index in [4.69, 9.17) is 4.98 Å². The fourth-order valence-corrected chi connectivity index (χ4v) is 3.90. The summed E-state index contributed by atoms with van der Waals surface area (Å²) in [5, 5.41) is 10.6. The molecule has 0 amide bonds. The number of H-pyrrole nitrogens is 1. The molecule has 27 heavy (non-hydrogen) atoms. The van der Waals surface area contributed by atoms with E-state index in [0.29, 0.717) is 5.95 Å². The van der Waals surface area contributed by atoms with Crippen molar-refractivity contribution in [2.45, 2.75) is 13.8 Å². The summed E-state index contributed by atoms with van der Waals surface area (Å²) in [5.74, 6) is 0.494. The molecule has 136 valence electrons. The second-order valence-corrected chi connectivity index (χ2v) is 6.92. The van der Waals surface area contributed by atoms with Gasteiger partial charge in [0, 0.05) is 18.7 Å². The molecule has 7 heteroatoms. The van der Waals surface area contributed by atoms with Gasteiger partial charge in [-0.3, -0.25) is 0 Å². The van der Waals surface area contributed by atoms with Gasteiger partial charge in [0.25, 0.3) is 0 Å². The van der Waals surface area contributed by atoms with Crippen molar-refractivity contribution in [2.24, 2.45) is 10.2 Å². The number of aromatic amines is 1. The standard InChI is InChI=1S/C20H20N6S/c1-3-26(4-2)20-23-17(14-10-6-5-7-11-14)18(27-20)24-25-19-21-15-12-8-9-13-16(15)22-19/h5-13H,3-4H2,1-2H3,(H,21,22)/b25-24+. The zero-order valence-electron chi connectivity index (χ0n) is 15.3. The Labute approximate surface area is 161 Å². The first-order valence-electron chi connectivity index (χ1n) is 8.96. The molecule has 0 aliphatic carbocycles. The van der Waals surface area contributed by atoms with E-state index in [1.54, 1.807) is 11.3 Å². The molecule has 2 heterocycles. The summed E-state index contributed by atoms with van der Waals surface area (Å²) in [4.78, 5) is 14.7. The summed E-state index contributed by atoms with van der Waals surface area (Å²) in [6, 6.07) is 17.9. The molecule has 0 unspecified atom stereocenters. The van der Waals surface area contributed by atoms with Crippen molar-refractivity contribution in [3.63, 3.8) is 0 Å². The SMILES string of the molecule is CCN(CC)c1nc(-c2ccccc2)c(/N=N/c2nc3ccccc3[nH]2)s1. The number of rotatable bonds is 6. The van der Waals surface area contributed by atoms with Crippen molar-refractivity contribution in [3.05, 3.63) is 54.6 Å². The van der Waals surface area contributed by atoms with Crippen LogP contribution in [0, 0.1) is 0 Å². The number of hydrogen-bond donors (Lipinski definition) is 1. The zero-order chi connectivity index (χ0) is 18.6. The summed E-state index contributed by atoms with van der Waals surface area (Å²) >= 11 is 1.55. The van der Waals surface area contributed by atoms with Gasteiger partial charge in [0.2, 0.25) is 5.95 Å². The van der Waals surface area contributed by atoms with E-state index in [0.717, 1.165) is 45.5 Å². The molecule has 1 N–H and O–H groups in total. The third-order valence-electron chi connectivity index (χ3n) is 4.29. The van der Waals surface area contributed by atoms with Crippen LogP contribution in [0.4, 0.5) is 16.1 Å². The number of azo groups is 1. The van der Waals surface area contributed by atoms with E-state index in [2.05, 4.69) is 38.9 Å². The molecule has 2 aromatic carbocycles. The molecular weight excluding hydrogens is 356 g/mol. The lowest BCUT2D eigenvalue weighted by Crippen LogP contribution is -2.21. The molecular formula is C20H20N6S. The fraction of sp³-hybridized carbons (Fsp3) is 0.200. The van der Waals surface area contributed by atoms with Gasteiger partial charge in [-0.15, -0.1) is 10.2 Å². The first-order valence-corrected chi connectivity index (χ1v) is 9.77. The van der Waals surface area contributed by atoms with Crippen molar-refractivity contribution >= 4 is 38.5 Å². The van der Waals surface area contributed by atoms with E-state index in [1.165, 1.54) is 0 Å². The topological polar surface area (TPSA) is 69.5 Å². The van der Waals surface area contributed by atoms with E-state index in [-0.39, 0.29) is 0 Å². The average Bonchev–Trinajstić information content (AvgIpc) is 3.32. The molecule has 4 aromatic rings. The molecule has 6 nitrogen and oxygen atoms in total. The van der Waals surface area contributed by atoms with Crippen LogP contribution < -0.4 is 4.90 Å². The second kappa shape index (κ2) is 7.67. The first-order chi connectivity index (χ1) is 13.3. The van der Waals surface area contributed by atoms with Crippen LogP contribution in [0.5, 0.6) is 0 Å². The Balaban J connectivity index is 1.73. The lowest BCUT2D eigenvalue weighted by Gasteiger charge is -2.16. The minimum atomic E-state index is 0.494. The molecule has 0 aliphatic rings. The highest BCUT2D eigenvalue weighted by Crippen LogP contribution is 2.40.